The molecule has 0 aliphatic rings. The lowest BCUT2D eigenvalue weighted by molar-refractivity contribution is -0.118. The maximum Gasteiger partial charge on any atom is 0.262 e. The number of nitrogens with one attached hydrogen (secondary N) is 1. The third-order valence-electron chi connectivity index (χ3n) is 3.20. The number of hydrogen-bond donors (Lipinski definition) is 1. The van der Waals surface area contributed by atoms with E-state index < -0.39 is 11.7 Å². The molecule has 2 aromatic carbocycles. The van der Waals surface area contributed by atoms with Crippen LogP contribution in [0.15, 0.2) is 42.5 Å². The molecule has 0 aliphatic carbocycles. The van der Waals surface area contributed by atoms with Crippen molar-refractivity contribution in [3.8, 4) is 11.8 Å². The minimum absolute atomic E-state index is 0.0867. The molecule has 0 bridgehead atoms. The van der Waals surface area contributed by atoms with Crippen LogP contribution in [0.25, 0.3) is 0 Å². The fourth-order valence-electron chi connectivity index (χ4n) is 2.04. The van der Waals surface area contributed by atoms with Gasteiger partial charge in [0.1, 0.15) is 11.6 Å². The molecule has 6 heteroatoms. The van der Waals surface area contributed by atoms with Crippen LogP contribution in [0.4, 0.5) is 10.1 Å². The predicted octanol–water partition coefficient (Wildman–Crippen LogP) is 3.11. The van der Waals surface area contributed by atoms with Gasteiger partial charge in [-0.2, -0.15) is 5.26 Å². The monoisotopic (exact) mass is 326 g/mol. The molecular formula is C18H15FN2O3. The highest BCUT2D eigenvalue weighted by molar-refractivity contribution is 5.97. The molecule has 0 radical (unpaired) electrons. The highest BCUT2D eigenvalue weighted by atomic mass is 19.1. The molecule has 0 atom stereocenters. The molecule has 1 N–H and O–H groups in total. The zero-order valence-corrected chi connectivity index (χ0v) is 13.0. The fourth-order valence-corrected chi connectivity index (χ4v) is 2.04. The summed E-state index contributed by atoms with van der Waals surface area (Å²) in [5, 5.41) is 11.2. The summed E-state index contributed by atoms with van der Waals surface area (Å²) in [6.07, 6.45) is 0.301. The zero-order valence-electron chi connectivity index (χ0n) is 13.0. The van der Waals surface area contributed by atoms with Crippen LogP contribution in [0.3, 0.4) is 0 Å². The largest absolute Gasteiger partial charge is 0.483 e. The summed E-state index contributed by atoms with van der Waals surface area (Å²) in [6, 6.07) is 12.4. The van der Waals surface area contributed by atoms with E-state index in [0.29, 0.717) is 12.1 Å². The Kier molecular flexibility index (Phi) is 5.63. The summed E-state index contributed by atoms with van der Waals surface area (Å²) >= 11 is 0. The van der Waals surface area contributed by atoms with Gasteiger partial charge in [0, 0.05) is 5.69 Å². The quantitative estimate of drug-likeness (QED) is 0.827. The van der Waals surface area contributed by atoms with Crippen LogP contribution < -0.4 is 10.1 Å². The van der Waals surface area contributed by atoms with Crippen LogP contribution in [-0.2, 0) is 11.2 Å². The van der Waals surface area contributed by atoms with Gasteiger partial charge in [-0.15, -0.1) is 0 Å². The second kappa shape index (κ2) is 7.88. The fraction of sp³-hybridized carbons (Fsp3) is 0.167. The predicted molar refractivity (Wildman–Crippen MR) is 86.3 cm³/mol. The van der Waals surface area contributed by atoms with Crippen LogP contribution in [0.2, 0.25) is 0 Å². The van der Waals surface area contributed by atoms with Gasteiger partial charge in [0.05, 0.1) is 18.1 Å². The molecule has 2 aromatic rings. The van der Waals surface area contributed by atoms with Gasteiger partial charge >= 0.3 is 0 Å². The van der Waals surface area contributed by atoms with E-state index in [2.05, 4.69) is 5.32 Å². The zero-order chi connectivity index (χ0) is 17.5. The molecule has 0 unspecified atom stereocenters. The first-order chi connectivity index (χ1) is 11.5. The number of amides is 1. The summed E-state index contributed by atoms with van der Waals surface area (Å²) in [4.78, 5) is 23.4. The van der Waals surface area contributed by atoms with Crippen LogP contribution in [0, 0.1) is 17.1 Å². The molecule has 0 aromatic heterocycles. The number of nitrogens with zero attached hydrogens (tertiary/aromatic N) is 1. The number of rotatable bonds is 6. The lowest BCUT2D eigenvalue weighted by atomic mass is 10.1. The van der Waals surface area contributed by atoms with Gasteiger partial charge < -0.3 is 10.1 Å². The van der Waals surface area contributed by atoms with Crippen molar-refractivity contribution in [1.29, 1.82) is 5.26 Å². The third kappa shape index (κ3) is 4.65. The number of Topliss-reactive ketones (excluding diaryl/α,β-unsaturated/α-hetero) is 1. The van der Waals surface area contributed by atoms with Crippen LogP contribution in [-0.4, -0.2) is 18.3 Å². The minimum atomic E-state index is -0.547. The Labute approximate surface area is 138 Å². The van der Waals surface area contributed by atoms with Gasteiger partial charge in [-0.25, -0.2) is 4.39 Å². The average molecular weight is 326 g/mol. The molecule has 0 fully saturated rings. The van der Waals surface area contributed by atoms with Crippen molar-refractivity contribution in [2.75, 3.05) is 11.9 Å². The number of nitriles is 1. The van der Waals surface area contributed by atoms with Gasteiger partial charge in [0.25, 0.3) is 5.91 Å². The van der Waals surface area contributed by atoms with Crippen LogP contribution in [0.1, 0.15) is 22.8 Å². The van der Waals surface area contributed by atoms with Gasteiger partial charge in [-0.1, -0.05) is 12.1 Å². The highest BCUT2D eigenvalue weighted by Gasteiger charge is 2.12. The number of ether oxygens (including phenoxy) is 1. The van der Waals surface area contributed by atoms with Crippen molar-refractivity contribution in [2.24, 2.45) is 0 Å². The smallest absolute Gasteiger partial charge is 0.262 e. The molecule has 2 rings (SSSR count). The Morgan fingerprint density at radius 1 is 1.21 bits per heavy atom. The maximum absolute atomic E-state index is 13.2. The Balaban J connectivity index is 1.96. The summed E-state index contributed by atoms with van der Waals surface area (Å²) in [7, 11) is 0. The summed E-state index contributed by atoms with van der Waals surface area (Å²) < 4.78 is 18.5. The number of anilines is 1. The summed E-state index contributed by atoms with van der Waals surface area (Å²) in [5.41, 5.74) is 1.50. The Hall–Kier alpha value is -3.20. The molecule has 24 heavy (non-hydrogen) atoms. The van der Waals surface area contributed by atoms with Crippen molar-refractivity contribution in [3.05, 3.63) is 59.4 Å². The van der Waals surface area contributed by atoms with Crippen molar-refractivity contribution in [1.82, 2.24) is 0 Å². The molecule has 0 heterocycles. The van der Waals surface area contributed by atoms with E-state index in [1.807, 2.05) is 6.07 Å². The van der Waals surface area contributed by atoms with E-state index in [1.165, 1.54) is 13.0 Å². The Morgan fingerprint density at radius 2 is 1.92 bits per heavy atom. The maximum atomic E-state index is 13.2. The lowest BCUT2D eigenvalue weighted by Crippen LogP contribution is -2.20. The van der Waals surface area contributed by atoms with E-state index in [9.17, 15) is 14.0 Å². The van der Waals surface area contributed by atoms with E-state index in [4.69, 9.17) is 10.00 Å². The van der Waals surface area contributed by atoms with Crippen molar-refractivity contribution in [3.63, 3.8) is 0 Å². The van der Waals surface area contributed by atoms with Crippen LogP contribution in [0.5, 0.6) is 5.75 Å². The molecule has 0 aliphatic heterocycles. The van der Waals surface area contributed by atoms with Crippen LogP contribution >= 0.6 is 0 Å². The molecular weight excluding hydrogens is 311 g/mol. The van der Waals surface area contributed by atoms with Crippen molar-refractivity contribution in [2.45, 2.75) is 13.3 Å². The summed E-state index contributed by atoms with van der Waals surface area (Å²) in [6.45, 7) is 0.982. The van der Waals surface area contributed by atoms with E-state index in [1.54, 1.807) is 24.3 Å². The SMILES string of the molecule is CC(=O)c1cc(F)ccc1OCC(=O)Nc1ccc(CC#N)cc1. The first-order valence-corrected chi connectivity index (χ1v) is 7.18. The number of ketones is 1. The van der Waals surface area contributed by atoms with Gasteiger partial charge in [0.2, 0.25) is 0 Å². The number of carbonyl (C=O) groups excluding carboxylic acids is 2. The first kappa shape index (κ1) is 17.2. The standard InChI is InChI=1S/C18H15FN2O3/c1-12(22)16-10-14(19)4-7-17(16)24-11-18(23)21-15-5-2-13(3-6-15)8-9-20/h2-7,10H,8,11H2,1H3,(H,21,23). The number of hydrogen-bond acceptors (Lipinski definition) is 4. The van der Waals surface area contributed by atoms with Gasteiger partial charge in [-0.05, 0) is 42.8 Å². The van der Waals surface area contributed by atoms with E-state index in [0.717, 1.165) is 17.7 Å². The normalized spacial score (nSPS) is 9.88. The molecule has 0 saturated carbocycles. The number of halogens is 1. The topological polar surface area (TPSA) is 79.2 Å². The van der Waals surface area contributed by atoms with Gasteiger partial charge in [0.15, 0.2) is 12.4 Å². The molecule has 0 saturated heterocycles. The Morgan fingerprint density at radius 3 is 2.54 bits per heavy atom. The van der Waals surface area contributed by atoms with Gasteiger partial charge in [-0.3, -0.25) is 9.59 Å². The highest BCUT2D eigenvalue weighted by Crippen LogP contribution is 2.20. The second-order valence-electron chi connectivity index (χ2n) is 5.07. The molecule has 1 amide bonds. The Bertz CT molecular complexity index is 795. The first-order valence-electron chi connectivity index (χ1n) is 7.18. The van der Waals surface area contributed by atoms with E-state index in [-0.39, 0.29) is 23.7 Å². The average Bonchev–Trinajstić information content (AvgIpc) is 2.55. The molecule has 0 spiro atoms. The summed E-state index contributed by atoms with van der Waals surface area (Å²) in [5.74, 6) is -1.15. The van der Waals surface area contributed by atoms with Crippen molar-refractivity contribution >= 4 is 17.4 Å². The minimum Gasteiger partial charge on any atom is -0.483 e. The lowest BCUT2D eigenvalue weighted by Gasteiger charge is -2.10. The van der Waals surface area contributed by atoms with E-state index >= 15 is 0 Å². The molecule has 5 nitrogen and oxygen atoms in total. The molecule has 122 valence electrons. The number of benzene rings is 2. The third-order valence-corrected chi connectivity index (χ3v) is 3.20. The number of carbonyl (C=O) groups is 2. The van der Waals surface area contributed by atoms with Crippen molar-refractivity contribution < 1.29 is 18.7 Å². The second-order valence-corrected chi connectivity index (χ2v) is 5.07.